The highest BCUT2D eigenvalue weighted by Crippen LogP contribution is 2.16. The molecule has 2 fully saturated rings. The third-order valence-electron chi connectivity index (χ3n) is 3.94. The number of ether oxygens (including phenoxy) is 1. The number of allylic oxidation sites excluding steroid dienone is 3. The number of hydrogen-bond acceptors (Lipinski definition) is 3. The molecule has 2 amide bonds. The maximum atomic E-state index is 11.9. The normalized spacial score (nSPS) is 24.0. The van der Waals surface area contributed by atoms with E-state index < -0.39 is 0 Å². The van der Waals surface area contributed by atoms with E-state index in [2.05, 4.69) is 13.0 Å². The minimum atomic E-state index is -0.0422. The molecule has 4 heteroatoms. The Morgan fingerprint density at radius 2 is 2.24 bits per heavy atom. The molecule has 2 aliphatic rings. The molecule has 2 saturated heterocycles. The summed E-state index contributed by atoms with van der Waals surface area (Å²) < 4.78 is 5.66. The molecule has 4 nitrogen and oxygen atoms in total. The highest BCUT2D eigenvalue weighted by Gasteiger charge is 2.25. The summed E-state index contributed by atoms with van der Waals surface area (Å²) in [4.78, 5) is 24.7. The molecule has 0 bridgehead atoms. The van der Waals surface area contributed by atoms with Crippen molar-refractivity contribution in [2.45, 2.75) is 58.0 Å². The van der Waals surface area contributed by atoms with Crippen molar-refractivity contribution >= 4 is 11.8 Å². The molecule has 0 spiro atoms. The first-order valence-electron chi connectivity index (χ1n) is 7.96. The third-order valence-corrected chi connectivity index (χ3v) is 3.94. The van der Waals surface area contributed by atoms with Crippen LogP contribution in [0.3, 0.4) is 0 Å². The van der Waals surface area contributed by atoms with E-state index >= 15 is 0 Å². The van der Waals surface area contributed by atoms with E-state index in [1.54, 1.807) is 0 Å². The Bertz CT molecular complexity index is 433. The van der Waals surface area contributed by atoms with Gasteiger partial charge in [0.2, 0.25) is 11.8 Å². The molecule has 0 aromatic carbocycles. The Kier molecular flexibility index (Phi) is 6.18. The van der Waals surface area contributed by atoms with Gasteiger partial charge in [-0.05, 0) is 39.0 Å². The van der Waals surface area contributed by atoms with Crippen LogP contribution in [-0.2, 0) is 14.3 Å². The van der Waals surface area contributed by atoms with Crippen LogP contribution < -0.4 is 0 Å². The molecule has 2 aliphatic heterocycles. The van der Waals surface area contributed by atoms with Crippen LogP contribution >= 0.6 is 0 Å². The second-order valence-corrected chi connectivity index (χ2v) is 5.80. The van der Waals surface area contributed by atoms with Gasteiger partial charge < -0.3 is 4.74 Å². The van der Waals surface area contributed by atoms with Crippen molar-refractivity contribution in [2.24, 2.45) is 0 Å². The van der Waals surface area contributed by atoms with Crippen molar-refractivity contribution in [2.75, 3.05) is 13.2 Å². The molecule has 21 heavy (non-hydrogen) atoms. The Hall–Kier alpha value is -1.42. The number of amides is 2. The first-order chi connectivity index (χ1) is 10.2. The summed E-state index contributed by atoms with van der Waals surface area (Å²) in [5, 5.41) is 0. The lowest BCUT2D eigenvalue weighted by molar-refractivity contribution is -0.141. The molecular weight excluding hydrogens is 266 g/mol. The maximum absolute atomic E-state index is 11.9. The molecule has 0 radical (unpaired) electrons. The van der Waals surface area contributed by atoms with E-state index in [1.165, 1.54) is 16.9 Å². The van der Waals surface area contributed by atoms with Gasteiger partial charge >= 0.3 is 0 Å². The summed E-state index contributed by atoms with van der Waals surface area (Å²) in [5.41, 5.74) is 1.17. The number of carbonyl (C=O) groups is 2. The fourth-order valence-corrected chi connectivity index (χ4v) is 2.77. The number of likely N-dealkylation sites (tertiary alicyclic amines) is 1. The van der Waals surface area contributed by atoms with Gasteiger partial charge in [0.15, 0.2) is 0 Å². The zero-order chi connectivity index (χ0) is 15.1. The number of hydrogen-bond donors (Lipinski definition) is 0. The fraction of sp³-hybridized carbons (Fsp3) is 0.647. The monoisotopic (exact) mass is 291 g/mol. The van der Waals surface area contributed by atoms with Gasteiger partial charge in [0, 0.05) is 26.0 Å². The molecule has 1 atom stereocenters. The molecule has 0 aromatic rings. The smallest absolute Gasteiger partial charge is 0.229 e. The van der Waals surface area contributed by atoms with Gasteiger partial charge in [-0.25, -0.2) is 0 Å². The van der Waals surface area contributed by atoms with Crippen LogP contribution in [0, 0.1) is 0 Å². The third kappa shape index (κ3) is 5.12. The highest BCUT2D eigenvalue weighted by atomic mass is 16.5. The summed E-state index contributed by atoms with van der Waals surface area (Å²) in [6.07, 6.45) is 12.4. The minimum Gasteiger partial charge on any atom is -0.374 e. The first kappa shape index (κ1) is 16.0. The predicted octanol–water partition coefficient (Wildman–Crippen LogP) is 2.99. The van der Waals surface area contributed by atoms with E-state index in [0.717, 1.165) is 25.9 Å². The van der Waals surface area contributed by atoms with Crippen molar-refractivity contribution in [1.29, 1.82) is 0 Å². The average Bonchev–Trinajstić information content (AvgIpc) is 2.91. The molecule has 116 valence electrons. The number of rotatable bonds is 5. The summed E-state index contributed by atoms with van der Waals surface area (Å²) in [7, 11) is 0. The van der Waals surface area contributed by atoms with Crippen LogP contribution in [0.5, 0.6) is 0 Å². The largest absolute Gasteiger partial charge is 0.374 e. The molecule has 2 heterocycles. The summed E-state index contributed by atoms with van der Waals surface area (Å²) in [6, 6.07) is 0. The SMILES string of the molecule is CC(C=CCCC(=O)N1CCCC1=O)=C[C@@H]1CCCCO1. The van der Waals surface area contributed by atoms with Crippen LogP contribution in [0.2, 0.25) is 0 Å². The van der Waals surface area contributed by atoms with Crippen molar-refractivity contribution in [3.8, 4) is 0 Å². The highest BCUT2D eigenvalue weighted by molar-refractivity contribution is 5.96. The molecule has 0 unspecified atom stereocenters. The second-order valence-electron chi connectivity index (χ2n) is 5.80. The molecule has 0 aliphatic carbocycles. The van der Waals surface area contributed by atoms with Crippen molar-refractivity contribution in [3.05, 3.63) is 23.8 Å². The Morgan fingerprint density at radius 1 is 1.38 bits per heavy atom. The molecule has 0 aromatic heterocycles. The van der Waals surface area contributed by atoms with E-state index in [9.17, 15) is 9.59 Å². The second kappa shape index (κ2) is 8.13. The van der Waals surface area contributed by atoms with Crippen LogP contribution in [0.25, 0.3) is 0 Å². The van der Waals surface area contributed by atoms with E-state index in [-0.39, 0.29) is 17.9 Å². The zero-order valence-corrected chi connectivity index (χ0v) is 12.8. The Morgan fingerprint density at radius 3 is 2.90 bits per heavy atom. The Balaban J connectivity index is 1.70. The predicted molar refractivity (Wildman–Crippen MR) is 81.7 cm³/mol. The van der Waals surface area contributed by atoms with E-state index in [1.807, 2.05) is 12.2 Å². The summed E-state index contributed by atoms with van der Waals surface area (Å²) >= 11 is 0. The fourth-order valence-electron chi connectivity index (χ4n) is 2.77. The minimum absolute atomic E-state index is 0.0190. The van der Waals surface area contributed by atoms with Crippen LogP contribution in [0.1, 0.15) is 51.9 Å². The Labute approximate surface area is 126 Å². The van der Waals surface area contributed by atoms with Crippen LogP contribution in [-0.4, -0.2) is 36.0 Å². The van der Waals surface area contributed by atoms with Gasteiger partial charge in [0.25, 0.3) is 0 Å². The van der Waals surface area contributed by atoms with Crippen molar-refractivity contribution < 1.29 is 14.3 Å². The first-order valence-corrected chi connectivity index (χ1v) is 7.96. The van der Waals surface area contributed by atoms with Crippen molar-refractivity contribution in [1.82, 2.24) is 4.90 Å². The molecule has 2 rings (SSSR count). The number of carbonyl (C=O) groups excluding carboxylic acids is 2. The zero-order valence-electron chi connectivity index (χ0n) is 12.8. The lowest BCUT2D eigenvalue weighted by Gasteiger charge is -2.19. The van der Waals surface area contributed by atoms with Crippen LogP contribution in [0.15, 0.2) is 23.8 Å². The number of nitrogens with zero attached hydrogens (tertiary/aromatic N) is 1. The van der Waals surface area contributed by atoms with Gasteiger partial charge in [0.1, 0.15) is 0 Å². The molecular formula is C17H25NO3. The van der Waals surface area contributed by atoms with E-state index in [4.69, 9.17) is 4.74 Å². The topological polar surface area (TPSA) is 46.6 Å². The van der Waals surface area contributed by atoms with Crippen molar-refractivity contribution in [3.63, 3.8) is 0 Å². The standard InChI is InChI=1S/C17H25NO3/c1-14(13-15-8-4-5-12-21-15)7-2-3-9-16(19)18-11-6-10-17(18)20/h2,7,13,15H,3-6,8-12H2,1H3/t15-/m0/s1. The summed E-state index contributed by atoms with van der Waals surface area (Å²) in [6.45, 7) is 3.51. The summed E-state index contributed by atoms with van der Waals surface area (Å²) in [5.74, 6) is -0.0612. The van der Waals surface area contributed by atoms with Gasteiger partial charge in [-0.2, -0.15) is 0 Å². The molecule has 0 saturated carbocycles. The van der Waals surface area contributed by atoms with Gasteiger partial charge in [-0.15, -0.1) is 0 Å². The lowest BCUT2D eigenvalue weighted by Crippen LogP contribution is -2.31. The molecule has 0 N–H and O–H groups in total. The van der Waals surface area contributed by atoms with E-state index in [0.29, 0.717) is 25.8 Å². The van der Waals surface area contributed by atoms with Gasteiger partial charge in [0.05, 0.1) is 6.10 Å². The van der Waals surface area contributed by atoms with Gasteiger partial charge in [-0.1, -0.05) is 23.8 Å². The maximum Gasteiger partial charge on any atom is 0.229 e. The number of imide groups is 1. The quantitative estimate of drug-likeness (QED) is 0.732. The average molecular weight is 291 g/mol. The van der Waals surface area contributed by atoms with Gasteiger partial charge in [-0.3, -0.25) is 14.5 Å². The van der Waals surface area contributed by atoms with Crippen LogP contribution in [0.4, 0.5) is 0 Å². The lowest BCUT2D eigenvalue weighted by atomic mass is 10.1.